The smallest absolute Gasteiger partial charge is 0.125 e. The summed E-state index contributed by atoms with van der Waals surface area (Å²) in [5, 5.41) is 0. The van der Waals surface area contributed by atoms with Gasteiger partial charge in [0.05, 0.1) is 18.9 Å². The number of pyridine rings is 2. The van der Waals surface area contributed by atoms with Gasteiger partial charge in [-0.15, -0.1) is 0 Å². The summed E-state index contributed by atoms with van der Waals surface area (Å²) in [6.07, 6.45) is 3.55. The van der Waals surface area contributed by atoms with Gasteiger partial charge in [-0.3, -0.25) is 9.88 Å². The van der Waals surface area contributed by atoms with Gasteiger partial charge in [-0.25, -0.2) is 4.98 Å². The minimum Gasteiger partial charge on any atom is -0.398 e. The highest BCUT2D eigenvalue weighted by atomic mass is 16.5. The fourth-order valence-electron chi connectivity index (χ4n) is 2.40. The molecule has 0 saturated carbocycles. The van der Waals surface area contributed by atoms with Crippen molar-refractivity contribution < 1.29 is 4.74 Å². The lowest BCUT2D eigenvalue weighted by Gasteiger charge is -2.26. The molecule has 2 aromatic rings. The fourth-order valence-corrected chi connectivity index (χ4v) is 2.40. The van der Waals surface area contributed by atoms with Gasteiger partial charge in [0.25, 0.3) is 0 Å². The Bertz CT molecular complexity index is 608. The summed E-state index contributed by atoms with van der Waals surface area (Å²) in [5.74, 6) is 0.417. The van der Waals surface area contributed by atoms with Gasteiger partial charge in [-0.05, 0) is 11.6 Å². The van der Waals surface area contributed by atoms with Crippen molar-refractivity contribution >= 4 is 11.5 Å². The van der Waals surface area contributed by atoms with Gasteiger partial charge in [-0.2, -0.15) is 0 Å². The number of hydrogen-bond acceptors (Lipinski definition) is 6. The zero-order chi connectivity index (χ0) is 14.7. The minimum atomic E-state index is 0.417. The number of anilines is 2. The van der Waals surface area contributed by atoms with Crippen molar-refractivity contribution in [2.24, 2.45) is 0 Å². The Morgan fingerprint density at radius 3 is 2.57 bits per heavy atom. The normalized spacial score (nSPS) is 16.0. The number of nitrogens with two attached hydrogens (primary N) is 2. The Kier molecular flexibility index (Phi) is 3.98. The van der Waals surface area contributed by atoms with Gasteiger partial charge in [0.1, 0.15) is 5.82 Å². The van der Waals surface area contributed by atoms with Crippen molar-refractivity contribution in [3.05, 3.63) is 36.2 Å². The van der Waals surface area contributed by atoms with E-state index in [0.717, 1.165) is 44.1 Å². The average Bonchev–Trinajstić information content (AvgIpc) is 2.49. The first-order chi connectivity index (χ1) is 10.2. The number of hydrogen-bond donors (Lipinski definition) is 2. The number of nitrogen functional groups attached to an aromatic ring is 2. The molecule has 1 aliphatic heterocycles. The van der Waals surface area contributed by atoms with Crippen LogP contribution < -0.4 is 11.5 Å². The van der Waals surface area contributed by atoms with Crippen molar-refractivity contribution in [1.82, 2.24) is 14.9 Å². The molecule has 1 aliphatic rings. The molecule has 1 fully saturated rings. The van der Waals surface area contributed by atoms with Crippen LogP contribution in [0.4, 0.5) is 11.5 Å². The fraction of sp³-hybridized carbons (Fsp3) is 0.333. The van der Waals surface area contributed by atoms with Crippen LogP contribution in [0.15, 0.2) is 30.6 Å². The van der Waals surface area contributed by atoms with E-state index in [1.165, 1.54) is 5.56 Å². The first kappa shape index (κ1) is 13.8. The monoisotopic (exact) mass is 285 g/mol. The quantitative estimate of drug-likeness (QED) is 0.879. The third-order valence-corrected chi connectivity index (χ3v) is 3.57. The standard InChI is InChI=1S/C15H19N5O/c16-13-7-15(17)19-9-12(13)14-2-1-11(8-18-14)10-20-3-5-21-6-4-20/h1-2,7-9H,3-6,10H2,(H4,16,17,19). The molecule has 0 amide bonds. The zero-order valence-corrected chi connectivity index (χ0v) is 11.8. The Hall–Kier alpha value is -2.18. The van der Waals surface area contributed by atoms with Crippen LogP contribution in [0.2, 0.25) is 0 Å². The molecule has 0 unspecified atom stereocenters. The average molecular weight is 285 g/mol. The van der Waals surface area contributed by atoms with E-state index in [1.807, 2.05) is 12.3 Å². The van der Waals surface area contributed by atoms with Crippen LogP contribution in [-0.4, -0.2) is 41.2 Å². The molecular weight excluding hydrogens is 266 g/mol. The van der Waals surface area contributed by atoms with Gasteiger partial charge >= 0.3 is 0 Å². The lowest BCUT2D eigenvalue weighted by Crippen LogP contribution is -2.35. The molecule has 110 valence electrons. The summed E-state index contributed by atoms with van der Waals surface area (Å²) >= 11 is 0. The highest BCUT2D eigenvalue weighted by Gasteiger charge is 2.11. The van der Waals surface area contributed by atoms with E-state index in [2.05, 4.69) is 20.9 Å². The third-order valence-electron chi connectivity index (χ3n) is 3.57. The summed E-state index contributed by atoms with van der Waals surface area (Å²) < 4.78 is 5.35. The van der Waals surface area contributed by atoms with Crippen LogP contribution in [0.25, 0.3) is 11.3 Å². The Balaban J connectivity index is 1.74. The van der Waals surface area contributed by atoms with Crippen LogP contribution in [0.3, 0.4) is 0 Å². The van der Waals surface area contributed by atoms with Crippen molar-refractivity contribution in [1.29, 1.82) is 0 Å². The zero-order valence-electron chi connectivity index (χ0n) is 11.8. The summed E-state index contributed by atoms with van der Waals surface area (Å²) in [7, 11) is 0. The molecule has 2 aromatic heterocycles. The molecule has 0 aliphatic carbocycles. The Morgan fingerprint density at radius 1 is 1.10 bits per heavy atom. The van der Waals surface area contributed by atoms with E-state index in [9.17, 15) is 0 Å². The predicted molar refractivity (Wildman–Crippen MR) is 82.4 cm³/mol. The maximum atomic E-state index is 5.96. The molecule has 0 aromatic carbocycles. The summed E-state index contributed by atoms with van der Waals surface area (Å²) in [6.45, 7) is 4.44. The number of ether oxygens (including phenoxy) is 1. The predicted octanol–water partition coefficient (Wildman–Crippen LogP) is 1.14. The van der Waals surface area contributed by atoms with Crippen molar-refractivity contribution in [2.75, 3.05) is 37.8 Å². The highest BCUT2D eigenvalue weighted by molar-refractivity contribution is 5.74. The molecule has 1 saturated heterocycles. The van der Waals surface area contributed by atoms with Crippen LogP contribution in [0.5, 0.6) is 0 Å². The van der Waals surface area contributed by atoms with Crippen LogP contribution in [-0.2, 0) is 11.3 Å². The van der Waals surface area contributed by atoms with Gasteiger partial charge in [0.15, 0.2) is 0 Å². The number of aromatic nitrogens is 2. The second-order valence-electron chi connectivity index (χ2n) is 5.14. The molecule has 0 radical (unpaired) electrons. The number of nitrogens with zero attached hydrogens (tertiary/aromatic N) is 3. The summed E-state index contributed by atoms with van der Waals surface area (Å²) in [4.78, 5) is 10.9. The minimum absolute atomic E-state index is 0.417. The largest absolute Gasteiger partial charge is 0.398 e. The first-order valence-electron chi connectivity index (χ1n) is 6.99. The molecule has 0 atom stereocenters. The number of rotatable bonds is 3. The Morgan fingerprint density at radius 2 is 1.90 bits per heavy atom. The Labute approximate surface area is 123 Å². The van der Waals surface area contributed by atoms with Crippen LogP contribution in [0.1, 0.15) is 5.56 Å². The van der Waals surface area contributed by atoms with Gasteiger partial charge in [0.2, 0.25) is 0 Å². The molecule has 4 N–H and O–H groups in total. The van der Waals surface area contributed by atoms with Crippen molar-refractivity contribution in [3.63, 3.8) is 0 Å². The van der Waals surface area contributed by atoms with E-state index < -0.39 is 0 Å². The first-order valence-corrected chi connectivity index (χ1v) is 6.99. The van der Waals surface area contributed by atoms with E-state index in [4.69, 9.17) is 16.2 Å². The summed E-state index contributed by atoms with van der Waals surface area (Å²) in [5.41, 5.74) is 15.0. The topological polar surface area (TPSA) is 90.3 Å². The maximum Gasteiger partial charge on any atom is 0.125 e. The van der Waals surface area contributed by atoms with Crippen molar-refractivity contribution in [3.8, 4) is 11.3 Å². The molecular formula is C15H19N5O. The SMILES string of the molecule is Nc1cc(N)c(-c2ccc(CN3CCOCC3)cn2)cn1. The van der Waals surface area contributed by atoms with E-state index in [0.29, 0.717) is 11.5 Å². The second kappa shape index (κ2) is 6.07. The van der Waals surface area contributed by atoms with E-state index in [1.54, 1.807) is 12.3 Å². The highest BCUT2D eigenvalue weighted by Crippen LogP contribution is 2.24. The van der Waals surface area contributed by atoms with Crippen molar-refractivity contribution in [2.45, 2.75) is 6.54 Å². The van der Waals surface area contributed by atoms with Crippen LogP contribution >= 0.6 is 0 Å². The van der Waals surface area contributed by atoms with E-state index in [-0.39, 0.29) is 0 Å². The van der Waals surface area contributed by atoms with Gasteiger partial charge in [0, 0.05) is 49.3 Å². The molecule has 3 heterocycles. The maximum absolute atomic E-state index is 5.96. The molecule has 6 nitrogen and oxygen atoms in total. The van der Waals surface area contributed by atoms with Gasteiger partial charge < -0.3 is 16.2 Å². The lowest BCUT2D eigenvalue weighted by atomic mass is 10.1. The molecule has 6 heteroatoms. The van der Waals surface area contributed by atoms with Gasteiger partial charge in [-0.1, -0.05) is 6.07 Å². The lowest BCUT2D eigenvalue weighted by molar-refractivity contribution is 0.0341. The van der Waals surface area contributed by atoms with E-state index >= 15 is 0 Å². The molecule has 3 rings (SSSR count). The summed E-state index contributed by atoms with van der Waals surface area (Å²) in [6, 6.07) is 5.70. The number of morpholine rings is 1. The van der Waals surface area contributed by atoms with Crippen LogP contribution in [0, 0.1) is 0 Å². The second-order valence-corrected chi connectivity index (χ2v) is 5.14. The molecule has 21 heavy (non-hydrogen) atoms. The molecule has 0 spiro atoms. The molecule has 0 bridgehead atoms. The third kappa shape index (κ3) is 3.29.